The minimum Gasteiger partial charge on any atom is -0.496 e. The Balaban J connectivity index is 1.90. The molecular formula is C18H27O4P. The van der Waals surface area contributed by atoms with Crippen molar-refractivity contribution in [3.05, 3.63) is 23.8 Å². The average molecular weight is 338 g/mol. The predicted octanol–water partition coefficient (Wildman–Crippen LogP) is 4.76. The maximum atomic E-state index is 12.5. The van der Waals surface area contributed by atoms with E-state index in [1.165, 1.54) is 46.3 Å². The molecule has 23 heavy (non-hydrogen) atoms. The van der Waals surface area contributed by atoms with Crippen LogP contribution in [0.1, 0.15) is 55.3 Å². The van der Waals surface area contributed by atoms with E-state index in [-0.39, 0.29) is 5.52 Å². The summed E-state index contributed by atoms with van der Waals surface area (Å²) in [5, 5.41) is 0. The van der Waals surface area contributed by atoms with Gasteiger partial charge in [-0.3, -0.25) is 4.79 Å². The quantitative estimate of drug-likeness (QED) is 0.481. The van der Waals surface area contributed by atoms with Gasteiger partial charge in [-0.1, -0.05) is 44.6 Å². The van der Waals surface area contributed by atoms with Crippen LogP contribution in [0.15, 0.2) is 18.2 Å². The van der Waals surface area contributed by atoms with E-state index in [0.29, 0.717) is 23.2 Å². The van der Waals surface area contributed by atoms with Crippen LogP contribution in [0.25, 0.3) is 0 Å². The van der Waals surface area contributed by atoms with E-state index in [1.807, 2.05) is 0 Å². The highest BCUT2D eigenvalue weighted by atomic mass is 31.1. The number of ether oxygens (including phenoxy) is 2. The van der Waals surface area contributed by atoms with E-state index < -0.39 is 7.80 Å². The van der Waals surface area contributed by atoms with Gasteiger partial charge in [0.25, 0.3) is 0 Å². The highest BCUT2D eigenvalue weighted by Crippen LogP contribution is 2.38. The van der Waals surface area contributed by atoms with Gasteiger partial charge in [0, 0.05) is 6.16 Å². The average Bonchev–Trinajstić information content (AvgIpc) is 3.10. The van der Waals surface area contributed by atoms with Gasteiger partial charge >= 0.3 is 0 Å². The fourth-order valence-electron chi connectivity index (χ4n) is 3.35. The van der Waals surface area contributed by atoms with Crippen molar-refractivity contribution in [2.75, 3.05) is 20.4 Å². The van der Waals surface area contributed by atoms with Gasteiger partial charge in [0.05, 0.1) is 14.2 Å². The van der Waals surface area contributed by atoms with Gasteiger partial charge in [0.1, 0.15) is 24.9 Å². The van der Waals surface area contributed by atoms with Crippen molar-refractivity contribution in [2.24, 2.45) is 5.92 Å². The van der Waals surface area contributed by atoms with Crippen LogP contribution in [0.4, 0.5) is 0 Å². The maximum absolute atomic E-state index is 12.5. The highest BCUT2D eigenvalue weighted by Gasteiger charge is 2.23. The summed E-state index contributed by atoms with van der Waals surface area (Å²) in [5.74, 6) is 1.71. The molecule has 1 aliphatic carbocycles. The molecule has 1 atom stereocenters. The summed E-state index contributed by atoms with van der Waals surface area (Å²) in [6.07, 6.45) is 9.01. The number of hydrogen-bond acceptors (Lipinski definition) is 4. The lowest BCUT2D eigenvalue weighted by molar-refractivity contribution is 0.107. The summed E-state index contributed by atoms with van der Waals surface area (Å²) in [5.41, 5.74) is -0.0117. The molecule has 2 rings (SSSR count). The Kier molecular flexibility index (Phi) is 7.16. The van der Waals surface area contributed by atoms with E-state index >= 15 is 0 Å². The van der Waals surface area contributed by atoms with E-state index in [1.54, 1.807) is 18.2 Å². The maximum Gasteiger partial charge on any atom is 0.225 e. The number of rotatable bonds is 9. The Morgan fingerprint density at radius 1 is 1.13 bits per heavy atom. The third-order valence-electron chi connectivity index (χ3n) is 4.65. The molecule has 1 fully saturated rings. The summed E-state index contributed by atoms with van der Waals surface area (Å²) in [7, 11) is 0.681. The van der Waals surface area contributed by atoms with Crippen LogP contribution in [0.5, 0.6) is 11.5 Å². The summed E-state index contributed by atoms with van der Waals surface area (Å²) in [4.78, 5) is 12.5. The number of carbonyl (C=O) groups excluding carboxylic acids is 1. The van der Waals surface area contributed by atoms with Gasteiger partial charge < -0.3 is 14.0 Å². The first kappa shape index (κ1) is 18.1. The zero-order chi connectivity index (χ0) is 16.7. The number of carbonyl (C=O) groups is 1. The summed E-state index contributed by atoms with van der Waals surface area (Å²) in [6.45, 7) is 0. The van der Waals surface area contributed by atoms with Crippen molar-refractivity contribution in [1.29, 1.82) is 0 Å². The monoisotopic (exact) mass is 338 g/mol. The second-order valence-corrected chi connectivity index (χ2v) is 7.99. The van der Waals surface area contributed by atoms with E-state index in [0.717, 1.165) is 18.8 Å². The van der Waals surface area contributed by atoms with Gasteiger partial charge in [-0.05, 0) is 24.5 Å². The highest BCUT2D eigenvalue weighted by molar-refractivity contribution is 7.64. The smallest absolute Gasteiger partial charge is 0.225 e. The fraction of sp³-hybridized carbons (Fsp3) is 0.611. The number of unbranched alkanes of at least 4 members (excludes halogenated alkanes) is 1. The Bertz CT molecular complexity index is 528. The molecule has 1 aromatic carbocycles. The van der Waals surface area contributed by atoms with Gasteiger partial charge in [-0.15, -0.1) is 0 Å². The Morgan fingerprint density at radius 3 is 2.30 bits per heavy atom. The van der Waals surface area contributed by atoms with Crippen LogP contribution < -0.4 is 9.47 Å². The van der Waals surface area contributed by atoms with E-state index in [4.69, 9.17) is 9.47 Å². The van der Waals surface area contributed by atoms with Gasteiger partial charge in [0.15, 0.2) is 0 Å². The molecule has 1 aromatic rings. The minimum atomic E-state index is -2.33. The van der Waals surface area contributed by atoms with Crippen LogP contribution in [0.2, 0.25) is 0 Å². The Morgan fingerprint density at radius 2 is 1.74 bits per heavy atom. The number of benzene rings is 1. The lowest BCUT2D eigenvalue weighted by Crippen LogP contribution is -2.03. The molecule has 4 nitrogen and oxygen atoms in total. The minimum absolute atomic E-state index is 0.317. The van der Waals surface area contributed by atoms with E-state index in [2.05, 4.69) is 0 Å². The molecule has 0 saturated heterocycles. The molecule has 5 heteroatoms. The SMILES string of the molecule is COc1cccc(OC)c1C(=O)[PH](=O)CCCCC1CCCC1. The molecule has 0 spiro atoms. The first-order chi connectivity index (χ1) is 11.2. The molecular weight excluding hydrogens is 311 g/mol. The third-order valence-corrected chi connectivity index (χ3v) is 6.21. The zero-order valence-corrected chi connectivity index (χ0v) is 15.1. The van der Waals surface area contributed by atoms with Gasteiger partial charge in [-0.2, -0.15) is 0 Å². The summed E-state index contributed by atoms with van der Waals surface area (Å²) < 4.78 is 22.9. The lowest BCUT2D eigenvalue weighted by atomic mass is 10.0. The lowest BCUT2D eigenvalue weighted by Gasteiger charge is -2.12. The van der Waals surface area contributed by atoms with Crippen molar-refractivity contribution in [3.8, 4) is 11.5 Å². The van der Waals surface area contributed by atoms with Crippen LogP contribution in [0.3, 0.4) is 0 Å². The third kappa shape index (κ3) is 4.84. The van der Waals surface area contributed by atoms with Crippen molar-refractivity contribution in [1.82, 2.24) is 0 Å². The standard InChI is InChI=1S/C18H27O4P/c1-21-15-11-7-12-16(22-2)17(15)18(19)23(20)13-6-5-10-14-8-3-4-9-14/h7,11-12,14,23H,3-6,8-10,13H2,1-2H3. The van der Waals surface area contributed by atoms with E-state index in [9.17, 15) is 9.36 Å². The van der Waals surface area contributed by atoms with Crippen molar-refractivity contribution < 1.29 is 18.8 Å². The molecule has 1 aliphatic rings. The van der Waals surface area contributed by atoms with Crippen LogP contribution in [-0.4, -0.2) is 25.9 Å². The molecule has 1 saturated carbocycles. The summed E-state index contributed by atoms with van der Waals surface area (Å²) in [6, 6.07) is 5.16. The molecule has 0 bridgehead atoms. The van der Waals surface area contributed by atoms with Crippen LogP contribution in [-0.2, 0) is 4.57 Å². The number of methoxy groups -OCH3 is 2. The molecule has 0 aliphatic heterocycles. The molecule has 128 valence electrons. The molecule has 0 radical (unpaired) electrons. The normalized spacial score (nSPS) is 16.3. The first-order valence-electron chi connectivity index (χ1n) is 8.46. The number of hydrogen-bond donors (Lipinski definition) is 0. The second kappa shape index (κ2) is 9.12. The molecule has 1 unspecified atom stereocenters. The molecule has 0 N–H and O–H groups in total. The van der Waals surface area contributed by atoms with Gasteiger partial charge in [0.2, 0.25) is 5.52 Å². The largest absolute Gasteiger partial charge is 0.496 e. The molecule has 0 aromatic heterocycles. The van der Waals surface area contributed by atoms with Gasteiger partial charge in [-0.25, -0.2) is 0 Å². The van der Waals surface area contributed by atoms with Crippen molar-refractivity contribution >= 4 is 13.3 Å². The van der Waals surface area contributed by atoms with Crippen molar-refractivity contribution in [2.45, 2.75) is 44.9 Å². The van der Waals surface area contributed by atoms with Crippen molar-refractivity contribution in [3.63, 3.8) is 0 Å². The topological polar surface area (TPSA) is 52.6 Å². The first-order valence-corrected chi connectivity index (χ1v) is 10.1. The second-order valence-electron chi connectivity index (χ2n) is 6.19. The van der Waals surface area contributed by atoms with Crippen LogP contribution >= 0.6 is 7.80 Å². The van der Waals surface area contributed by atoms with Crippen LogP contribution in [0, 0.1) is 5.92 Å². The summed E-state index contributed by atoms with van der Waals surface area (Å²) >= 11 is 0. The predicted molar refractivity (Wildman–Crippen MR) is 93.6 cm³/mol. The Labute approximate surface area is 139 Å². The fourth-order valence-corrected chi connectivity index (χ4v) is 4.67. The zero-order valence-electron chi connectivity index (χ0n) is 14.1. The molecule has 0 amide bonds. The molecule has 0 heterocycles. The Hall–Kier alpha value is -1.28.